The van der Waals surface area contributed by atoms with E-state index in [0.717, 1.165) is 5.82 Å². The van der Waals surface area contributed by atoms with Crippen LogP contribution in [0.1, 0.15) is 5.82 Å². The SMILES string of the molecule is COc1ccc(S(=O)(=O)NCCNc2cc(-n3ccnc3C)ncn2)cc1Cl. The molecule has 148 valence electrons. The monoisotopic (exact) mass is 422 g/mol. The second kappa shape index (κ2) is 8.55. The number of aryl methyl sites for hydroxylation is 1. The molecule has 2 aromatic heterocycles. The molecule has 2 heterocycles. The van der Waals surface area contributed by atoms with Gasteiger partial charge in [0.2, 0.25) is 10.0 Å². The number of sulfonamides is 1. The lowest BCUT2D eigenvalue weighted by Gasteiger charge is -2.10. The Labute approximate surface area is 167 Å². The van der Waals surface area contributed by atoms with E-state index >= 15 is 0 Å². The molecule has 2 N–H and O–H groups in total. The van der Waals surface area contributed by atoms with E-state index in [2.05, 4.69) is 25.0 Å². The molecule has 0 radical (unpaired) electrons. The van der Waals surface area contributed by atoms with Crippen LogP contribution in [0.5, 0.6) is 5.75 Å². The van der Waals surface area contributed by atoms with Gasteiger partial charge in [-0.1, -0.05) is 11.6 Å². The minimum Gasteiger partial charge on any atom is -0.495 e. The molecule has 0 amide bonds. The van der Waals surface area contributed by atoms with Crippen molar-refractivity contribution in [3.8, 4) is 11.6 Å². The van der Waals surface area contributed by atoms with Crippen molar-refractivity contribution in [1.82, 2.24) is 24.2 Å². The zero-order valence-corrected chi connectivity index (χ0v) is 16.8. The van der Waals surface area contributed by atoms with Gasteiger partial charge in [0.15, 0.2) is 0 Å². The summed E-state index contributed by atoms with van der Waals surface area (Å²) >= 11 is 5.99. The van der Waals surface area contributed by atoms with E-state index in [1.54, 1.807) is 18.5 Å². The van der Waals surface area contributed by atoms with E-state index in [0.29, 0.717) is 23.9 Å². The highest BCUT2D eigenvalue weighted by molar-refractivity contribution is 7.89. The number of ether oxygens (including phenoxy) is 1. The molecule has 9 nitrogen and oxygen atoms in total. The highest BCUT2D eigenvalue weighted by Crippen LogP contribution is 2.26. The maximum atomic E-state index is 12.4. The third kappa shape index (κ3) is 4.58. The summed E-state index contributed by atoms with van der Waals surface area (Å²) < 4.78 is 34.1. The maximum Gasteiger partial charge on any atom is 0.240 e. The Balaban J connectivity index is 1.58. The van der Waals surface area contributed by atoms with Crippen molar-refractivity contribution in [2.45, 2.75) is 11.8 Å². The van der Waals surface area contributed by atoms with Gasteiger partial charge in [0.1, 0.15) is 29.5 Å². The van der Waals surface area contributed by atoms with E-state index in [9.17, 15) is 8.42 Å². The minimum atomic E-state index is -3.69. The Bertz CT molecular complexity index is 1070. The smallest absolute Gasteiger partial charge is 0.240 e. The molecular formula is C17H19ClN6O3S. The van der Waals surface area contributed by atoms with Crippen LogP contribution in [-0.4, -0.2) is 48.1 Å². The molecule has 0 aliphatic heterocycles. The van der Waals surface area contributed by atoms with Gasteiger partial charge in [-0.05, 0) is 25.1 Å². The number of hydrogen-bond acceptors (Lipinski definition) is 7. The van der Waals surface area contributed by atoms with E-state index in [1.165, 1.54) is 31.6 Å². The van der Waals surface area contributed by atoms with Crippen LogP contribution in [0, 0.1) is 6.92 Å². The summed E-state index contributed by atoms with van der Waals surface area (Å²) in [6.45, 7) is 2.37. The molecular weight excluding hydrogens is 404 g/mol. The van der Waals surface area contributed by atoms with Crippen LogP contribution in [0.25, 0.3) is 5.82 Å². The standard InChI is InChI=1S/C17H19ClN6O3S/c1-12-19-7-8-24(12)17-10-16(21-11-22-17)20-5-6-23-28(25,26)13-3-4-15(27-2)14(18)9-13/h3-4,7-11,23H,5-6H2,1-2H3,(H,20,21,22). The first-order valence-electron chi connectivity index (χ1n) is 8.30. The van der Waals surface area contributed by atoms with Crippen LogP contribution >= 0.6 is 11.6 Å². The summed E-state index contributed by atoms with van der Waals surface area (Å²) in [5.41, 5.74) is 0. The number of hydrogen-bond donors (Lipinski definition) is 2. The number of imidazole rings is 1. The van der Waals surface area contributed by atoms with Crippen LogP contribution in [0.2, 0.25) is 5.02 Å². The molecule has 28 heavy (non-hydrogen) atoms. The molecule has 0 bridgehead atoms. The molecule has 0 aliphatic rings. The third-order valence-electron chi connectivity index (χ3n) is 3.88. The summed E-state index contributed by atoms with van der Waals surface area (Å²) in [4.78, 5) is 12.6. The summed E-state index contributed by atoms with van der Waals surface area (Å²) in [6.07, 6.45) is 4.92. The summed E-state index contributed by atoms with van der Waals surface area (Å²) in [5, 5.41) is 3.29. The van der Waals surface area contributed by atoms with Crippen molar-refractivity contribution in [2.75, 3.05) is 25.5 Å². The van der Waals surface area contributed by atoms with Crippen molar-refractivity contribution >= 4 is 27.4 Å². The van der Waals surface area contributed by atoms with Gasteiger partial charge in [-0.2, -0.15) is 0 Å². The van der Waals surface area contributed by atoms with E-state index < -0.39 is 10.0 Å². The Hall–Kier alpha value is -2.69. The zero-order chi connectivity index (χ0) is 20.1. The molecule has 0 aliphatic carbocycles. The second-order valence-electron chi connectivity index (χ2n) is 5.73. The first kappa shape index (κ1) is 20.1. The lowest BCUT2D eigenvalue weighted by molar-refractivity contribution is 0.414. The van der Waals surface area contributed by atoms with Crippen molar-refractivity contribution in [3.05, 3.63) is 53.8 Å². The lowest BCUT2D eigenvalue weighted by Crippen LogP contribution is -2.29. The van der Waals surface area contributed by atoms with Gasteiger partial charge in [-0.15, -0.1) is 0 Å². The number of benzene rings is 1. The fourth-order valence-corrected chi connectivity index (χ4v) is 3.85. The van der Waals surface area contributed by atoms with Crippen molar-refractivity contribution in [3.63, 3.8) is 0 Å². The second-order valence-corrected chi connectivity index (χ2v) is 7.90. The van der Waals surface area contributed by atoms with Crippen LogP contribution in [0.4, 0.5) is 5.82 Å². The van der Waals surface area contributed by atoms with Crippen LogP contribution in [0.15, 0.2) is 47.9 Å². The molecule has 0 unspecified atom stereocenters. The quantitative estimate of drug-likeness (QED) is 0.534. The molecule has 3 rings (SSSR count). The zero-order valence-electron chi connectivity index (χ0n) is 15.3. The number of halogens is 1. The van der Waals surface area contributed by atoms with Gasteiger partial charge < -0.3 is 10.1 Å². The Morgan fingerprint density at radius 3 is 2.68 bits per heavy atom. The number of aromatic nitrogens is 4. The molecule has 0 fully saturated rings. The highest BCUT2D eigenvalue weighted by atomic mass is 35.5. The fourth-order valence-electron chi connectivity index (χ4n) is 2.47. The van der Waals surface area contributed by atoms with Crippen molar-refractivity contribution in [1.29, 1.82) is 0 Å². The largest absolute Gasteiger partial charge is 0.495 e. The number of nitrogens with one attached hydrogen (secondary N) is 2. The maximum absolute atomic E-state index is 12.4. The molecule has 3 aromatic rings. The Morgan fingerprint density at radius 1 is 1.18 bits per heavy atom. The van der Waals surface area contributed by atoms with Gasteiger partial charge in [0.05, 0.1) is 17.0 Å². The average molecular weight is 423 g/mol. The minimum absolute atomic E-state index is 0.0678. The first-order chi connectivity index (χ1) is 13.4. The molecule has 0 atom stereocenters. The molecule has 0 saturated heterocycles. The number of anilines is 1. The van der Waals surface area contributed by atoms with Gasteiger partial charge in [-0.3, -0.25) is 4.57 Å². The fraction of sp³-hybridized carbons (Fsp3) is 0.235. The van der Waals surface area contributed by atoms with Gasteiger partial charge in [-0.25, -0.2) is 28.1 Å². The molecule has 1 aromatic carbocycles. The van der Waals surface area contributed by atoms with E-state index in [-0.39, 0.29) is 16.5 Å². The summed E-state index contributed by atoms with van der Waals surface area (Å²) in [6, 6.07) is 6.05. The van der Waals surface area contributed by atoms with Crippen LogP contribution in [0.3, 0.4) is 0 Å². The summed E-state index contributed by atoms with van der Waals surface area (Å²) in [5.74, 6) is 2.45. The topological polar surface area (TPSA) is 111 Å². The highest BCUT2D eigenvalue weighted by Gasteiger charge is 2.15. The van der Waals surface area contributed by atoms with Gasteiger partial charge >= 0.3 is 0 Å². The summed E-state index contributed by atoms with van der Waals surface area (Å²) in [7, 11) is -2.22. The molecule has 11 heteroatoms. The van der Waals surface area contributed by atoms with Gasteiger partial charge in [0.25, 0.3) is 0 Å². The number of methoxy groups -OCH3 is 1. The van der Waals surface area contributed by atoms with Crippen LogP contribution < -0.4 is 14.8 Å². The van der Waals surface area contributed by atoms with Crippen molar-refractivity contribution in [2.24, 2.45) is 0 Å². The third-order valence-corrected chi connectivity index (χ3v) is 5.64. The number of rotatable bonds is 8. The van der Waals surface area contributed by atoms with E-state index in [1.807, 2.05) is 11.5 Å². The molecule has 0 spiro atoms. The average Bonchev–Trinajstić information content (AvgIpc) is 3.11. The lowest BCUT2D eigenvalue weighted by atomic mass is 10.3. The molecule has 0 saturated carbocycles. The predicted molar refractivity (Wildman–Crippen MR) is 106 cm³/mol. The number of nitrogens with zero attached hydrogens (tertiary/aromatic N) is 4. The van der Waals surface area contributed by atoms with E-state index in [4.69, 9.17) is 16.3 Å². The first-order valence-corrected chi connectivity index (χ1v) is 10.2. The normalized spacial score (nSPS) is 11.4. The van der Waals surface area contributed by atoms with Crippen molar-refractivity contribution < 1.29 is 13.2 Å². The van der Waals surface area contributed by atoms with Crippen LogP contribution in [-0.2, 0) is 10.0 Å². The predicted octanol–water partition coefficient (Wildman–Crippen LogP) is 2.02. The van der Waals surface area contributed by atoms with Gasteiger partial charge in [0, 0.05) is 31.5 Å². The Kier molecular flexibility index (Phi) is 6.12. The Morgan fingerprint density at radius 2 is 2.00 bits per heavy atom.